The van der Waals surface area contributed by atoms with Crippen molar-refractivity contribution in [3.05, 3.63) is 46.5 Å². The maximum Gasteiger partial charge on any atom is 0.326 e. The number of aromatic nitrogens is 4. The Morgan fingerprint density at radius 2 is 2.04 bits per heavy atom. The summed E-state index contributed by atoms with van der Waals surface area (Å²) in [7, 11) is 0. The van der Waals surface area contributed by atoms with E-state index in [2.05, 4.69) is 27.0 Å². The van der Waals surface area contributed by atoms with E-state index in [1.807, 2.05) is 35.8 Å². The van der Waals surface area contributed by atoms with E-state index < -0.39 is 0 Å². The first-order valence-corrected chi connectivity index (χ1v) is 8.93. The summed E-state index contributed by atoms with van der Waals surface area (Å²) in [6, 6.07) is 8.21. The highest BCUT2D eigenvalue weighted by Gasteiger charge is 2.28. The first-order valence-electron chi connectivity index (χ1n) is 8.93. The molecule has 7 heteroatoms. The lowest BCUT2D eigenvalue weighted by molar-refractivity contribution is 0.126. The molecule has 1 N–H and O–H groups in total. The molecule has 0 amide bonds. The van der Waals surface area contributed by atoms with Crippen LogP contribution in [0.2, 0.25) is 0 Å². The van der Waals surface area contributed by atoms with Crippen LogP contribution in [0.4, 0.5) is 0 Å². The number of aromatic amines is 1. The predicted octanol–water partition coefficient (Wildman–Crippen LogP) is 2.67. The van der Waals surface area contributed by atoms with Crippen LogP contribution in [0.3, 0.4) is 0 Å². The van der Waals surface area contributed by atoms with E-state index >= 15 is 0 Å². The topological polar surface area (TPSA) is 80.0 Å². The molecular formula is C18H23N5O2. The van der Waals surface area contributed by atoms with Crippen LogP contribution in [0.1, 0.15) is 50.6 Å². The molecule has 1 atom stereocenters. The van der Waals surface area contributed by atoms with Gasteiger partial charge in [-0.1, -0.05) is 19.1 Å². The third-order valence-electron chi connectivity index (χ3n) is 5.18. The van der Waals surface area contributed by atoms with Crippen LogP contribution < -0.4 is 5.69 Å². The number of hydrogen-bond donors (Lipinski definition) is 1. The Balaban J connectivity index is 1.49. The van der Waals surface area contributed by atoms with E-state index in [1.54, 1.807) is 0 Å². The molecule has 1 aromatic carbocycles. The smallest absolute Gasteiger partial charge is 0.326 e. The van der Waals surface area contributed by atoms with E-state index in [-0.39, 0.29) is 17.8 Å². The Bertz CT molecular complexity index is 917. The predicted molar refractivity (Wildman–Crippen MR) is 94.5 cm³/mol. The summed E-state index contributed by atoms with van der Waals surface area (Å²) in [5.41, 5.74) is 1.88. The van der Waals surface area contributed by atoms with Crippen LogP contribution >= 0.6 is 0 Å². The minimum Gasteiger partial charge on any atom is -0.424 e. The Morgan fingerprint density at radius 3 is 2.76 bits per heavy atom. The second kappa shape index (κ2) is 6.48. The van der Waals surface area contributed by atoms with Gasteiger partial charge in [0.1, 0.15) is 0 Å². The maximum absolute atomic E-state index is 12.4. The summed E-state index contributed by atoms with van der Waals surface area (Å²) in [5, 5.41) is 8.23. The van der Waals surface area contributed by atoms with Crippen LogP contribution in [0.15, 0.2) is 33.5 Å². The summed E-state index contributed by atoms with van der Waals surface area (Å²) >= 11 is 0. The molecule has 0 bridgehead atoms. The number of aryl methyl sites for hydroxylation is 1. The van der Waals surface area contributed by atoms with Crippen molar-refractivity contribution in [1.29, 1.82) is 0 Å². The molecule has 1 aliphatic rings. The highest BCUT2D eigenvalue weighted by Crippen LogP contribution is 2.29. The lowest BCUT2D eigenvalue weighted by atomic mass is 10.0. The molecule has 7 nitrogen and oxygen atoms in total. The molecule has 1 fully saturated rings. The van der Waals surface area contributed by atoms with Crippen molar-refractivity contribution in [2.75, 3.05) is 13.1 Å². The van der Waals surface area contributed by atoms with Gasteiger partial charge in [-0.2, -0.15) is 0 Å². The fraction of sp³-hybridized carbons (Fsp3) is 0.500. The molecule has 1 saturated heterocycles. The highest BCUT2D eigenvalue weighted by molar-refractivity contribution is 5.75. The molecule has 1 aliphatic heterocycles. The summed E-state index contributed by atoms with van der Waals surface area (Å²) in [5.74, 6) is 1.36. The number of hydrogen-bond acceptors (Lipinski definition) is 5. The Kier molecular flexibility index (Phi) is 4.17. The van der Waals surface area contributed by atoms with Gasteiger partial charge in [0.15, 0.2) is 0 Å². The minimum atomic E-state index is -0.0165. The van der Waals surface area contributed by atoms with E-state index in [9.17, 15) is 4.79 Å². The molecule has 3 aromatic rings. The molecular weight excluding hydrogens is 318 g/mol. The number of rotatable bonds is 4. The molecule has 2 aromatic heterocycles. The molecule has 0 radical (unpaired) electrons. The van der Waals surface area contributed by atoms with Crippen LogP contribution in [0.5, 0.6) is 0 Å². The van der Waals surface area contributed by atoms with Crippen LogP contribution in [-0.4, -0.2) is 37.7 Å². The Hall–Kier alpha value is -2.41. The van der Waals surface area contributed by atoms with Crippen LogP contribution in [0, 0.1) is 0 Å². The van der Waals surface area contributed by atoms with Gasteiger partial charge in [0.2, 0.25) is 11.8 Å². The number of benzene rings is 1. The Morgan fingerprint density at radius 1 is 1.28 bits per heavy atom. The number of nitrogens with zero attached hydrogens (tertiary/aromatic N) is 4. The summed E-state index contributed by atoms with van der Waals surface area (Å²) in [6.07, 6.45) is 2.62. The van der Waals surface area contributed by atoms with Gasteiger partial charge in [0.25, 0.3) is 0 Å². The van der Waals surface area contributed by atoms with E-state index in [4.69, 9.17) is 4.42 Å². The van der Waals surface area contributed by atoms with Crippen molar-refractivity contribution in [1.82, 2.24) is 24.6 Å². The van der Waals surface area contributed by atoms with Crippen LogP contribution in [0.25, 0.3) is 11.0 Å². The standard InChI is InChI=1S/C18H23N5O2/c1-3-16-20-21-17(25-16)12(2)22-10-8-13(9-11-22)23-15-7-5-4-6-14(15)19-18(23)24/h4-7,12-13H,3,8-11H2,1-2H3,(H,19,24). The third-order valence-corrected chi connectivity index (χ3v) is 5.18. The second-order valence-corrected chi connectivity index (χ2v) is 6.65. The number of para-hydroxylation sites is 2. The molecule has 0 saturated carbocycles. The van der Waals surface area contributed by atoms with Crippen molar-refractivity contribution < 1.29 is 4.42 Å². The van der Waals surface area contributed by atoms with E-state index in [0.717, 1.165) is 43.4 Å². The van der Waals surface area contributed by atoms with Gasteiger partial charge in [-0.05, 0) is 31.9 Å². The van der Waals surface area contributed by atoms with Gasteiger partial charge in [-0.25, -0.2) is 4.79 Å². The zero-order valence-corrected chi connectivity index (χ0v) is 14.6. The SMILES string of the molecule is CCc1nnc(C(C)N2CCC(n3c(=O)[nH]c4ccccc43)CC2)o1. The summed E-state index contributed by atoms with van der Waals surface area (Å²) in [6.45, 7) is 5.92. The zero-order valence-electron chi connectivity index (χ0n) is 14.6. The molecule has 132 valence electrons. The van der Waals surface area contributed by atoms with Crippen molar-refractivity contribution in [3.8, 4) is 0 Å². The van der Waals surface area contributed by atoms with Crippen molar-refractivity contribution >= 4 is 11.0 Å². The number of piperidine rings is 1. The average Bonchev–Trinajstić information content (AvgIpc) is 3.25. The molecule has 4 rings (SSSR count). The van der Waals surface area contributed by atoms with Crippen molar-refractivity contribution in [2.24, 2.45) is 0 Å². The summed E-state index contributed by atoms with van der Waals surface area (Å²) < 4.78 is 7.62. The number of fused-ring (bicyclic) bond motifs is 1. The highest BCUT2D eigenvalue weighted by atomic mass is 16.4. The number of H-pyrrole nitrogens is 1. The fourth-order valence-electron chi connectivity index (χ4n) is 3.70. The molecule has 0 spiro atoms. The first kappa shape index (κ1) is 16.1. The lowest BCUT2D eigenvalue weighted by Crippen LogP contribution is -2.38. The molecule has 25 heavy (non-hydrogen) atoms. The van der Waals surface area contributed by atoms with Gasteiger partial charge in [-0.15, -0.1) is 10.2 Å². The normalized spacial score (nSPS) is 18.0. The van der Waals surface area contributed by atoms with Gasteiger partial charge in [-0.3, -0.25) is 9.47 Å². The van der Waals surface area contributed by atoms with Gasteiger partial charge < -0.3 is 9.40 Å². The molecule has 1 unspecified atom stereocenters. The average molecular weight is 341 g/mol. The van der Waals surface area contributed by atoms with Gasteiger partial charge >= 0.3 is 5.69 Å². The zero-order chi connectivity index (χ0) is 17.4. The first-order chi connectivity index (χ1) is 12.2. The molecule has 3 heterocycles. The fourth-order valence-corrected chi connectivity index (χ4v) is 3.70. The monoisotopic (exact) mass is 341 g/mol. The van der Waals surface area contributed by atoms with Crippen molar-refractivity contribution in [2.45, 2.75) is 45.2 Å². The number of likely N-dealkylation sites (tertiary alicyclic amines) is 1. The van der Waals surface area contributed by atoms with Gasteiger partial charge in [0, 0.05) is 25.6 Å². The third kappa shape index (κ3) is 2.89. The minimum absolute atomic E-state index is 0.0165. The second-order valence-electron chi connectivity index (χ2n) is 6.65. The number of nitrogens with one attached hydrogen (secondary N) is 1. The summed E-state index contributed by atoms with van der Waals surface area (Å²) in [4.78, 5) is 17.7. The lowest BCUT2D eigenvalue weighted by Gasteiger charge is -2.35. The Labute approximate surface area is 145 Å². The molecule has 0 aliphatic carbocycles. The maximum atomic E-state index is 12.4. The van der Waals surface area contributed by atoms with Crippen molar-refractivity contribution in [3.63, 3.8) is 0 Å². The van der Waals surface area contributed by atoms with E-state index in [1.165, 1.54) is 0 Å². The quantitative estimate of drug-likeness (QED) is 0.789. The number of imidazole rings is 1. The van der Waals surface area contributed by atoms with Crippen LogP contribution in [-0.2, 0) is 6.42 Å². The largest absolute Gasteiger partial charge is 0.424 e. The van der Waals surface area contributed by atoms with E-state index in [0.29, 0.717) is 11.8 Å². The van der Waals surface area contributed by atoms with Gasteiger partial charge in [0.05, 0.1) is 17.1 Å².